The van der Waals surface area contributed by atoms with Crippen LogP contribution in [0.4, 0.5) is 0 Å². The minimum atomic E-state index is -1.57. The molecule has 2 amide bonds. The predicted octanol–water partition coefficient (Wildman–Crippen LogP) is -1.95. The molecule has 2 aliphatic heterocycles. The van der Waals surface area contributed by atoms with Gasteiger partial charge in [0.2, 0.25) is 11.8 Å². The topological polar surface area (TPSA) is 207 Å². The van der Waals surface area contributed by atoms with Crippen molar-refractivity contribution >= 4 is 11.8 Å². The van der Waals surface area contributed by atoms with Gasteiger partial charge in [-0.25, -0.2) is 0 Å². The maximum atomic E-state index is 12.2. The van der Waals surface area contributed by atoms with Gasteiger partial charge >= 0.3 is 0 Å². The summed E-state index contributed by atoms with van der Waals surface area (Å²) in [5.41, 5.74) is 0. The minimum Gasteiger partial charge on any atom is -0.394 e. The Hall–Kier alpha value is -1.42. The molecule has 2 rings (SSSR count). The van der Waals surface area contributed by atoms with Crippen molar-refractivity contribution < 1.29 is 54.4 Å². The number of aliphatic hydroxyl groups excluding tert-OH is 6. The summed E-state index contributed by atoms with van der Waals surface area (Å²) in [6.45, 7) is 2.91. The first-order valence-electron chi connectivity index (χ1n) is 13.6. The maximum Gasteiger partial charge on any atom is 0.220 e. The number of rotatable bonds is 15. The Labute approximate surface area is 223 Å². The molecule has 0 bridgehead atoms. The summed E-state index contributed by atoms with van der Waals surface area (Å²) in [5.74, 6) is -0.734. The van der Waals surface area contributed by atoms with Crippen LogP contribution in [0.15, 0.2) is 0 Å². The number of aliphatic hydroxyl groups is 6. The van der Waals surface area contributed by atoms with Gasteiger partial charge in [-0.3, -0.25) is 9.59 Å². The highest BCUT2D eigenvalue weighted by Gasteiger charge is 2.47. The highest BCUT2D eigenvalue weighted by molar-refractivity contribution is 5.75. The van der Waals surface area contributed by atoms with Crippen molar-refractivity contribution in [2.75, 3.05) is 19.8 Å². The van der Waals surface area contributed by atoms with Gasteiger partial charge in [-0.2, -0.15) is 0 Å². The van der Waals surface area contributed by atoms with Crippen molar-refractivity contribution in [1.29, 1.82) is 0 Å². The Bertz CT molecular complexity index is 715. The molecule has 13 nitrogen and oxygen atoms in total. The summed E-state index contributed by atoms with van der Waals surface area (Å²) in [4.78, 5) is 23.8. The van der Waals surface area contributed by atoms with Crippen LogP contribution >= 0.6 is 0 Å². The van der Waals surface area contributed by atoms with E-state index in [1.54, 1.807) is 0 Å². The fourth-order valence-corrected chi connectivity index (χ4v) is 4.70. The molecule has 2 saturated heterocycles. The second-order valence-corrected chi connectivity index (χ2v) is 10.1. The van der Waals surface area contributed by atoms with E-state index in [2.05, 4.69) is 17.6 Å². The largest absolute Gasteiger partial charge is 0.394 e. The summed E-state index contributed by atoms with van der Waals surface area (Å²) >= 11 is 0. The summed E-state index contributed by atoms with van der Waals surface area (Å²) in [6.07, 6.45) is -5.36. The van der Waals surface area contributed by atoms with Crippen LogP contribution in [-0.4, -0.2) is 123 Å². The van der Waals surface area contributed by atoms with Gasteiger partial charge in [-0.1, -0.05) is 39.0 Å². The summed E-state index contributed by atoms with van der Waals surface area (Å²) in [7, 11) is 0. The van der Waals surface area contributed by atoms with Crippen LogP contribution < -0.4 is 10.6 Å². The molecule has 2 fully saturated rings. The van der Waals surface area contributed by atoms with Crippen LogP contribution in [0.1, 0.15) is 65.2 Å². The lowest BCUT2D eigenvalue weighted by Crippen LogP contribution is -2.65. The number of carbonyl (C=O) groups is 2. The molecule has 0 unspecified atom stereocenters. The van der Waals surface area contributed by atoms with Crippen LogP contribution in [0.3, 0.4) is 0 Å². The van der Waals surface area contributed by atoms with E-state index >= 15 is 0 Å². The average Bonchev–Trinajstić information content (AvgIpc) is 2.89. The second kappa shape index (κ2) is 16.6. The Kier molecular flexibility index (Phi) is 14.4. The first kappa shape index (κ1) is 32.8. The lowest BCUT2D eigenvalue weighted by Gasteiger charge is -2.44. The molecule has 0 aromatic rings. The SMILES string of the molecule is CCCCCCCCNC(=O)CC[C@H]1O[C@H](CO[C@@H]2O[C@H](CO)[C@H](O)[C@H](O)[C@H]2NC(C)=O)[C@H](O)[C@H](O)[C@H]1O. The maximum absolute atomic E-state index is 12.2. The lowest BCUT2D eigenvalue weighted by molar-refractivity contribution is -0.290. The van der Waals surface area contributed by atoms with Crippen molar-refractivity contribution in [3.8, 4) is 0 Å². The van der Waals surface area contributed by atoms with Crippen molar-refractivity contribution in [3.63, 3.8) is 0 Å². The quantitative estimate of drug-likeness (QED) is 0.105. The zero-order valence-corrected chi connectivity index (χ0v) is 22.3. The third-order valence-corrected chi connectivity index (χ3v) is 7.00. The highest BCUT2D eigenvalue weighted by atomic mass is 16.7. The van der Waals surface area contributed by atoms with Gasteiger partial charge in [0, 0.05) is 19.9 Å². The summed E-state index contributed by atoms with van der Waals surface area (Å²) in [5, 5.41) is 66.4. The Morgan fingerprint density at radius 2 is 1.45 bits per heavy atom. The van der Waals surface area contributed by atoms with Crippen LogP contribution in [0.25, 0.3) is 0 Å². The molecule has 13 heteroatoms. The van der Waals surface area contributed by atoms with Crippen molar-refractivity contribution in [3.05, 3.63) is 0 Å². The first-order valence-corrected chi connectivity index (χ1v) is 13.6. The fourth-order valence-electron chi connectivity index (χ4n) is 4.70. The van der Waals surface area contributed by atoms with Crippen LogP contribution in [0, 0.1) is 0 Å². The Morgan fingerprint density at radius 3 is 2.11 bits per heavy atom. The normalized spacial score (nSPS) is 35.6. The summed E-state index contributed by atoms with van der Waals surface area (Å²) in [6, 6.07) is -1.19. The molecule has 0 aromatic carbocycles. The molecule has 0 aliphatic carbocycles. The zero-order chi connectivity index (χ0) is 28.2. The number of amides is 2. The number of ether oxygens (including phenoxy) is 3. The molecule has 0 spiro atoms. The van der Waals surface area contributed by atoms with Gasteiger partial charge in [0.05, 0.1) is 19.3 Å². The third-order valence-electron chi connectivity index (χ3n) is 7.00. The van der Waals surface area contributed by atoms with E-state index in [0.29, 0.717) is 6.54 Å². The fraction of sp³-hybridized carbons (Fsp3) is 0.920. The smallest absolute Gasteiger partial charge is 0.220 e. The summed E-state index contributed by atoms with van der Waals surface area (Å²) < 4.78 is 16.9. The van der Waals surface area contributed by atoms with Gasteiger partial charge in [-0.05, 0) is 12.8 Å². The van der Waals surface area contributed by atoms with Gasteiger partial charge in [0.25, 0.3) is 0 Å². The van der Waals surface area contributed by atoms with Gasteiger partial charge in [-0.15, -0.1) is 0 Å². The molecule has 2 heterocycles. The van der Waals surface area contributed by atoms with Gasteiger partial charge in [0.15, 0.2) is 6.29 Å². The molecule has 2 aliphatic rings. The van der Waals surface area contributed by atoms with E-state index in [1.165, 1.54) is 26.2 Å². The first-order chi connectivity index (χ1) is 18.1. The molecule has 0 saturated carbocycles. The molecule has 222 valence electrons. The van der Waals surface area contributed by atoms with Crippen molar-refractivity contribution in [2.24, 2.45) is 0 Å². The lowest BCUT2D eigenvalue weighted by atomic mass is 9.92. The average molecular weight is 551 g/mol. The Balaban J connectivity index is 1.88. The van der Waals surface area contributed by atoms with E-state index in [4.69, 9.17) is 14.2 Å². The Morgan fingerprint density at radius 1 is 0.816 bits per heavy atom. The molecule has 0 radical (unpaired) electrons. The van der Waals surface area contributed by atoms with E-state index in [1.807, 2.05) is 0 Å². The number of nitrogens with one attached hydrogen (secondary N) is 2. The monoisotopic (exact) mass is 550 g/mol. The van der Waals surface area contributed by atoms with Crippen molar-refractivity contribution in [2.45, 2.75) is 126 Å². The van der Waals surface area contributed by atoms with Gasteiger partial charge in [0.1, 0.15) is 48.8 Å². The number of carbonyl (C=O) groups excluding carboxylic acids is 2. The van der Waals surface area contributed by atoms with E-state index in [-0.39, 0.29) is 25.4 Å². The van der Waals surface area contributed by atoms with Crippen LogP contribution in [0.2, 0.25) is 0 Å². The van der Waals surface area contributed by atoms with E-state index < -0.39 is 73.7 Å². The van der Waals surface area contributed by atoms with Gasteiger partial charge < -0.3 is 55.5 Å². The molecule has 0 aromatic heterocycles. The molecule has 8 N–H and O–H groups in total. The van der Waals surface area contributed by atoms with E-state index in [9.17, 15) is 40.2 Å². The predicted molar refractivity (Wildman–Crippen MR) is 134 cm³/mol. The molecular formula is C25H46N2O11. The van der Waals surface area contributed by atoms with Crippen LogP contribution in [-0.2, 0) is 23.8 Å². The number of hydrogen-bond donors (Lipinski definition) is 8. The minimum absolute atomic E-state index is 0.0482. The number of unbranched alkanes of at least 4 members (excludes halogenated alkanes) is 5. The third kappa shape index (κ3) is 9.65. The molecular weight excluding hydrogens is 504 g/mol. The van der Waals surface area contributed by atoms with E-state index in [0.717, 1.165) is 19.3 Å². The molecule has 10 atom stereocenters. The number of hydrogen-bond acceptors (Lipinski definition) is 11. The van der Waals surface area contributed by atoms with Crippen molar-refractivity contribution in [1.82, 2.24) is 10.6 Å². The van der Waals surface area contributed by atoms with Crippen LogP contribution in [0.5, 0.6) is 0 Å². The molecule has 38 heavy (non-hydrogen) atoms. The standard InChI is InChI=1S/C25H46N2O11/c1-3-4-5-6-7-8-11-26-18(30)10-9-15-20(31)24(35)22(33)17(37-15)13-36-25-19(27-14(2)29)23(34)21(32)16(12-28)38-25/h15-17,19-25,28,31-35H,3-13H2,1-2H3,(H,26,30)(H,27,29)/t15-,16-,17-,19-,20+,21+,22+,23-,24-,25-/m1/s1. The highest BCUT2D eigenvalue weighted by Crippen LogP contribution is 2.27. The zero-order valence-electron chi connectivity index (χ0n) is 22.3. The second-order valence-electron chi connectivity index (χ2n) is 10.1.